The highest BCUT2D eigenvalue weighted by atomic mass is 15.3. The average molecular weight is 239 g/mol. The van der Waals surface area contributed by atoms with Crippen molar-refractivity contribution in [2.75, 3.05) is 33.2 Å². The van der Waals surface area contributed by atoms with Crippen molar-refractivity contribution >= 4 is 0 Å². The molecule has 2 aliphatic rings. The van der Waals surface area contributed by atoms with Gasteiger partial charge in [-0.05, 0) is 46.7 Å². The first-order valence-electron chi connectivity index (χ1n) is 7.36. The minimum atomic E-state index is 0.634. The molecule has 0 radical (unpaired) electrons. The minimum absolute atomic E-state index is 0.634. The molecule has 3 nitrogen and oxygen atoms in total. The molecule has 17 heavy (non-hydrogen) atoms. The highest BCUT2D eigenvalue weighted by molar-refractivity contribution is 4.87. The van der Waals surface area contributed by atoms with Crippen molar-refractivity contribution in [1.82, 2.24) is 15.1 Å². The van der Waals surface area contributed by atoms with Gasteiger partial charge < -0.3 is 5.32 Å². The molecule has 2 heterocycles. The van der Waals surface area contributed by atoms with Crippen LogP contribution in [0.1, 0.15) is 39.5 Å². The molecule has 0 saturated carbocycles. The smallest absolute Gasteiger partial charge is 0.0223 e. The van der Waals surface area contributed by atoms with Gasteiger partial charge in [-0.2, -0.15) is 0 Å². The number of hydrogen-bond donors (Lipinski definition) is 1. The maximum Gasteiger partial charge on any atom is 0.0223 e. The normalized spacial score (nSPS) is 30.9. The van der Waals surface area contributed by atoms with E-state index in [2.05, 4.69) is 36.0 Å². The van der Waals surface area contributed by atoms with Crippen molar-refractivity contribution in [2.24, 2.45) is 0 Å². The van der Waals surface area contributed by atoms with Gasteiger partial charge in [0, 0.05) is 37.8 Å². The molecule has 0 bridgehead atoms. The van der Waals surface area contributed by atoms with E-state index in [4.69, 9.17) is 0 Å². The van der Waals surface area contributed by atoms with Gasteiger partial charge in [-0.15, -0.1) is 0 Å². The fourth-order valence-electron chi connectivity index (χ4n) is 3.36. The molecule has 2 aliphatic heterocycles. The van der Waals surface area contributed by atoms with Crippen LogP contribution in [0.25, 0.3) is 0 Å². The Bertz CT molecular complexity index is 232. The van der Waals surface area contributed by atoms with Crippen LogP contribution in [0, 0.1) is 0 Å². The summed E-state index contributed by atoms with van der Waals surface area (Å²) in [5, 5.41) is 3.35. The van der Waals surface area contributed by atoms with Crippen LogP contribution in [-0.2, 0) is 0 Å². The predicted octanol–water partition coefficient (Wildman–Crippen LogP) is 1.54. The summed E-state index contributed by atoms with van der Waals surface area (Å²) in [4.78, 5) is 5.43. The summed E-state index contributed by atoms with van der Waals surface area (Å²) in [6, 6.07) is 2.21. The number of nitrogens with zero attached hydrogens (tertiary/aromatic N) is 2. The zero-order valence-electron chi connectivity index (χ0n) is 11.8. The third-order valence-electron chi connectivity index (χ3n) is 4.68. The van der Waals surface area contributed by atoms with Crippen molar-refractivity contribution in [3.63, 3.8) is 0 Å². The van der Waals surface area contributed by atoms with Gasteiger partial charge in [0.2, 0.25) is 0 Å². The van der Waals surface area contributed by atoms with Crippen LogP contribution in [0.4, 0.5) is 0 Å². The van der Waals surface area contributed by atoms with Crippen LogP contribution < -0.4 is 5.32 Å². The van der Waals surface area contributed by atoms with Crippen molar-refractivity contribution in [3.8, 4) is 0 Å². The lowest BCUT2D eigenvalue weighted by Crippen LogP contribution is -2.57. The summed E-state index contributed by atoms with van der Waals surface area (Å²) in [6.07, 6.45) is 5.55. The molecule has 0 aromatic rings. The van der Waals surface area contributed by atoms with E-state index >= 15 is 0 Å². The fourth-order valence-corrected chi connectivity index (χ4v) is 3.36. The molecular weight excluding hydrogens is 210 g/mol. The maximum absolute atomic E-state index is 3.35. The molecule has 1 N–H and O–H groups in total. The van der Waals surface area contributed by atoms with E-state index in [1.54, 1.807) is 0 Å². The number of fused-ring (bicyclic) bond motifs is 1. The quantitative estimate of drug-likeness (QED) is 0.803. The summed E-state index contributed by atoms with van der Waals surface area (Å²) in [7, 11) is 2.07. The average Bonchev–Trinajstić information content (AvgIpc) is 2.38. The summed E-state index contributed by atoms with van der Waals surface area (Å²) in [5.41, 5.74) is 0. The van der Waals surface area contributed by atoms with Crippen molar-refractivity contribution in [1.29, 1.82) is 0 Å². The van der Waals surface area contributed by atoms with E-state index in [9.17, 15) is 0 Å². The second-order valence-electron chi connectivity index (χ2n) is 5.95. The van der Waals surface area contributed by atoms with Gasteiger partial charge in [-0.25, -0.2) is 0 Å². The summed E-state index contributed by atoms with van der Waals surface area (Å²) < 4.78 is 0. The molecule has 0 aliphatic carbocycles. The van der Waals surface area contributed by atoms with E-state index in [-0.39, 0.29) is 0 Å². The first kappa shape index (κ1) is 13.3. The van der Waals surface area contributed by atoms with Gasteiger partial charge in [-0.3, -0.25) is 9.80 Å². The van der Waals surface area contributed by atoms with Gasteiger partial charge in [0.05, 0.1) is 0 Å². The summed E-state index contributed by atoms with van der Waals surface area (Å²) in [5.74, 6) is 0. The Kier molecular flexibility index (Phi) is 4.83. The van der Waals surface area contributed by atoms with Gasteiger partial charge in [0.15, 0.2) is 0 Å². The van der Waals surface area contributed by atoms with Gasteiger partial charge in [0.25, 0.3) is 0 Å². The molecule has 0 aromatic carbocycles. The zero-order chi connectivity index (χ0) is 12.3. The highest BCUT2D eigenvalue weighted by Gasteiger charge is 2.30. The molecule has 2 fully saturated rings. The molecule has 0 spiro atoms. The lowest BCUT2D eigenvalue weighted by Gasteiger charge is -2.46. The topological polar surface area (TPSA) is 18.5 Å². The Hall–Kier alpha value is -0.120. The minimum Gasteiger partial charge on any atom is -0.317 e. The number of piperidine rings is 1. The Morgan fingerprint density at radius 2 is 2.00 bits per heavy atom. The van der Waals surface area contributed by atoms with E-state index in [1.807, 2.05) is 0 Å². The predicted molar refractivity (Wildman–Crippen MR) is 73.4 cm³/mol. The second-order valence-corrected chi connectivity index (χ2v) is 5.95. The van der Waals surface area contributed by atoms with E-state index in [0.29, 0.717) is 6.04 Å². The van der Waals surface area contributed by atoms with Crippen LogP contribution >= 0.6 is 0 Å². The molecule has 0 aromatic heterocycles. The molecule has 0 amide bonds. The number of hydrogen-bond acceptors (Lipinski definition) is 3. The lowest BCUT2D eigenvalue weighted by atomic mass is 9.97. The van der Waals surface area contributed by atoms with Crippen molar-refractivity contribution in [2.45, 2.75) is 57.7 Å². The second kappa shape index (κ2) is 6.17. The van der Waals surface area contributed by atoms with Crippen molar-refractivity contribution in [3.05, 3.63) is 0 Å². The third kappa shape index (κ3) is 3.43. The van der Waals surface area contributed by atoms with Crippen LogP contribution in [0.5, 0.6) is 0 Å². The molecule has 2 saturated heterocycles. The van der Waals surface area contributed by atoms with E-state index in [1.165, 1.54) is 51.9 Å². The van der Waals surface area contributed by atoms with Gasteiger partial charge >= 0.3 is 0 Å². The first-order valence-corrected chi connectivity index (χ1v) is 7.36. The zero-order valence-corrected chi connectivity index (χ0v) is 11.8. The molecule has 3 heteroatoms. The highest BCUT2D eigenvalue weighted by Crippen LogP contribution is 2.22. The Morgan fingerprint density at radius 3 is 2.76 bits per heavy atom. The van der Waals surface area contributed by atoms with Crippen LogP contribution in [0.3, 0.4) is 0 Å². The molecule has 3 atom stereocenters. The largest absolute Gasteiger partial charge is 0.317 e. The first-order chi connectivity index (χ1) is 8.20. The SMILES string of the molecule is CNC(C)CC(C)N1CCN2CCCCC2C1. The summed E-state index contributed by atoms with van der Waals surface area (Å²) >= 11 is 0. The molecule has 2 rings (SSSR count). The monoisotopic (exact) mass is 239 g/mol. The van der Waals surface area contributed by atoms with Crippen LogP contribution in [0.2, 0.25) is 0 Å². The number of nitrogens with one attached hydrogen (secondary N) is 1. The van der Waals surface area contributed by atoms with Crippen LogP contribution in [0.15, 0.2) is 0 Å². The fraction of sp³-hybridized carbons (Fsp3) is 1.00. The standard InChI is InChI=1S/C14H29N3/c1-12(15-3)10-13(2)17-9-8-16-7-5-4-6-14(16)11-17/h12-15H,4-11H2,1-3H3. The Balaban J connectivity index is 1.82. The lowest BCUT2D eigenvalue weighted by molar-refractivity contribution is 0.0277. The van der Waals surface area contributed by atoms with Crippen LogP contribution in [-0.4, -0.2) is 61.2 Å². The maximum atomic E-state index is 3.35. The van der Waals surface area contributed by atoms with E-state index < -0.39 is 0 Å². The Morgan fingerprint density at radius 1 is 1.18 bits per heavy atom. The number of piperazine rings is 1. The van der Waals surface area contributed by atoms with Crippen molar-refractivity contribution < 1.29 is 0 Å². The number of rotatable bonds is 4. The molecule has 3 unspecified atom stereocenters. The third-order valence-corrected chi connectivity index (χ3v) is 4.68. The Labute approximate surface area is 107 Å². The van der Waals surface area contributed by atoms with Gasteiger partial charge in [-0.1, -0.05) is 6.42 Å². The molecule has 100 valence electrons. The summed E-state index contributed by atoms with van der Waals surface area (Å²) in [6.45, 7) is 9.90. The molecular formula is C14H29N3. The van der Waals surface area contributed by atoms with Gasteiger partial charge in [0.1, 0.15) is 0 Å². The van der Waals surface area contributed by atoms with E-state index in [0.717, 1.165) is 12.1 Å².